The van der Waals surface area contributed by atoms with Gasteiger partial charge in [0.25, 0.3) is 11.5 Å². The highest BCUT2D eigenvalue weighted by molar-refractivity contribution is 5.96. The zero-order chi connectivity index (χ0) is 22.8. The maximum atomic E-state index is 13.2. The number of amides is 1. The lowest BCUT2D eigenvalue weighted by Crippen LogP contribution is -2.29. The summed E-state index contributed by atoms with van der Waals surface area (Å²) in [5.41, 5.74) is -0.715. The van der Waals surface area contributed by atoms with Gasteiger partial charge in [-0.1, -0.05) is 24.3 Å². The molecule has 1 heterocycles. The number of aromatic hydroxyl groups is 1. The molecular weight excluding hydrogens is 411 g/mol. The predicted molar refractivity (Wildman–Crippen MR) is 110 cm³/mol. The van der Waals surface area contributed by atoms with Gasteiger partial charge in [0, 0.05) is 18.9 Å². The minimum absolute atomic E-state index is 0.0890. The number of hydrogen-bond donors (Lipinski definition) is 3. The highest BCUT2D eigenvalue weighted by Gasteiger charge is 2.33. The number of nitrogens with one attached hydrogen (secondary N) is 2. The first-order valence-corrected chi connectivity index (χ1v) is 9.30. The first kappa shape index (κ1) is 21.9. The van der Waals surface area contributed by atoms with Crippen molar-refractivity contribution < 1.29 is 23.1 Å². The number of halogens is 3. The zero-order valence-corrected chi connectivity index (χ0v) is 16.7. The topological polar surface area (TPSA) is 83.4 Å². The molecule has 0 saturated heterocycles. The van der Waals surface area contributed by atoms with Crippen LogP contribution in [-0.2, 0) is 13.2 Å². The van der Waals surface area contributed by atoms with Gasteiger partial charge in [-0.3, -0.25) is 9.59 Å². The fourth-order valence-corrected chi connectivity index (χ4v) is 3.04. The Morgan fingerprint density at radius 1 is 1.10 bits per heavy atom. The lowest BCUT2D eigenvalue weighted by Gasteiger charge is -2.18. The molecule has 2 aromatic carbocycles. The third kappa shape index (κ3) is 4.88. The first-order valence-electron chi connectivity index (χ1n) is 9.30. The average Bonchev–Trinajstić information content (AvgIpc) is 2.72. The van der Waals surface area contributed by atoms with Crippen LogP contribution >= 0.6 is 0 Å². The summed E-state index contributed by atoms with van der Waals surface area (Å²) >= 11 is 0. The molecule has 0 spiro atoms. The molecular formula is C22H20F3N3O3. The molecule has 3 N–H and O–H groups in total. The van der Waals surface area contributed by atoms with Crippen molar-refractivity contribution in [2.24, 2.45) is 7.05 Å². The van der Waals surface area contributed by atoms with E-state index in [0.717, 1.165) is 10.6 Å². The zero-order valence-electron chi connectivity index (χ0n) is 16.7. The number of hydrogen-bond acceptors (Lipinski definition) is 4. The number of benzene rings is 2. The Morgan fingerprint density at radius 2 is 1.81 bits per heavy atom. The highest BCUT2D eigenvalue weighted by Crippen LogP contribution is 2.36. The van der Waals surface area contributed by atoms with Gasteiger partial charge in [0.1, 0.15) is 0 Å². The molecule has 3 rings (SSSR count). The summed E-state index contributed by atoms with van der Waals surface area (Å²) in [5, 5.41) is 15.4. The molecule has 0 bridgehead atoms. The Balaban J connectivity index is 1.80. The van der Waals surface area contributed by atoms with Crippen LogP contribution in [0.25, 0.3) is 0 Å². The SMILES string of the molecule is CC(NC(=O)c1ccn(C)c(=O)c1O)c1cccc(Nc2ccccc2C(F)(F)F)c1. The van der Waals surface area contributed by atoms with E-state index >= 15 is 0 Å². The Bertz CT molecular complexity index is 1170. The van der Waals surface area contributed by atoms with Gasteiger partial charge in [0.15, 0.2) is 5.75 Å². The molecule has 0 aliphatic carbocycles. The molecule has 162 valence electrons. The standard InChI is InChI=1S/C22H20F3N3O3/c1-13(26-20(30)16-10-11-28(2)21(31)19(16)29)14-6-5-7-15(12-14)27-18-9-4-3-8-17(18)22(23,24)25/h3-13,27,29H,1-2H3,(H,26,30). The summed E-state index contributed by atoms with van der Waals surface area (Å²) < 4.78 is 40.8. The third-order valence-electron chi connectivity index (χ3n) is 4.73. The molecule has 1 atom stereocenters. The quantitative estimate of drug-likeness (QED) is 0.561. The van der Waals surface area contributed by atoms with Crippen LogP contribution in [0.2, 0.25) is 0 Å². The molecule has 3 aromatic rings. The second-order valence-corrected chi connectivity index (χ2v) is 6.98. The summed E-state index contributed by atoms with van der Waals surface area (Å²) in [5.74, 6) is -1.31. The number of aromatic nitrogens is 1. The summed E-state index contributed by atoms with van der Waals surface area (Å²) in [6.07, 6.45) is -3.14. The van der Waals surface area contributed by atoms with Crippen molar-refractivity contribution in [2.75, 3.05) is 5.32 Å². The Morgan fingerprint density at radius 3 is 2.52 bits per heavy atom. The fourth-order valence-electron chi connectivity index (χ4n) is 3.04. The van der Waals surface area contributed by atoms with Gasteiger partial charge in [-0.15, -0.1) is 0 Å². The van der Waals surface area contributed by atoms with Gasteiger partial charge in [-0.05, 0) is 42.8 Å². The van der Waals surface area contributed by atoms with Gasteiger partial charge < -0.3 is 20.3 Å². The van der Waals surface area contributed by atoms with Gasteiger partial charge in [0.05, 0.1) is 22.9 Å². The summed E-state index contributed by atoms with van der Waals surface area (Å²) in [4.78, 5) is 24.3. The fraction of sp³-hybridized carbons (Fsp3) is 0.182. The van der Waals surface area contributed by atoms with E-state index in [-0.39, 0.29) is 11.3 Å². The van der Waals surface area contributed by atoms with Crippen LogP contribution in [0.1, 0.15) is 34.5 Å². The van der Waals surface area contributed by atoms with Crippen LogP contribution in [0.4, 0.5) is 24.5 Å². The van der Waals surface area contributed by atoms with E-state index in [1.54, 1.807) is 31.2 Å². The maximum Gasteiger partial charge on any atom is 0.418 e. The summed E-state index contributed by atoms with van der Waals surface area (Å²) in [7, 11) is 1.45. The number of rotatable bonds is 5. The molecule has 0 aliphatic rings. The number of pyridine rings is 1. The van der Waals surface area contributed by atoms with Crippen molar-refractivity contribution in [1.82, 2.24) is 9.88 Å². The molecule has 0 fully saturated rings. The average molecular weight is 431 g/mol. The van der Waals surface area contributed by atoms with E-state index < -0.39 is 35.0 Å². The van der Waals surface area contributed by atoms with E-state index in [4.69, 9.17) is 0 Å². The van der Waals surface area contributed by atoms with E-state index in [1.807, 2.05) is 0 Å². The number of carbonyl (C=O) groups excluding carboxylic acids is 1. The van der Waals surface area contributed by atoms with Crippen molar-refractivity contribution in [3.05, 3.63) is 87.8 Å². The molecule has 1 amide bonds. The summed E-state index contributed by atoms with van der Waals surface area (Å²) in [6, 6.07) is 12.5. The van der Waals surface area contributed by atoms with Crippen molar-refractivity contribution in [2.45, 2.75) is 19.1 Å². The minimum Gasteiger partial charge on any atom is -0.502 e. The van der Waals surface area contributed by atoms with E-state index in [0.29, 0.717) is 11.3 Å². The van der Waals surface area contributed by atoms with Gasteiger partial charge in [-0.2, -0.15) is 13.2 Å². The van der Waals surface area contributed by atoms with Gasteiger partial charge in [-0.25, -0.2) is 0 Å². The number of anilines is 2. The molecule has 1 aromatic heterocycles. The Kier molecular flexibility index (Phi) is 6.05. The number of nitrogens with zero attached hydrogens (tertiary/aromatic N) is 1. The van der Waals surface area contributed by atoms with Gasteiger partial charge >= 0.3 is 6.18 Å². The predicted octanol–water partition coefficient (Wildman–Crippen LogP) is 4.34. The summed E-state index contributed by atoms with van der Waals surface area (Å²) in [6.45, 7) is 1.68. The Labute approximate surface area is 176 Å². The molecule has 9 heteroatoms. The normalized spacial score (nSPS) is 12.3. The van der Waals surface area contributed by atoms with Crippen molar-refractivity contribution in [3.8, 4) is 5.75 Å². The van der Waals surface area contributed by atoms with Crippen LogP contribution in [0, 0.1) is 0 Å². The molecule has 0 aliphatic heterocycles. The monoisotopic (exact) mass is 431 g/mol. The Hall–Kier alpha value is -3.75. The van der Waals surface area contributed by atoms with Crippen molar-refractivity contribution in [3.63, 3.8) is 0 Å². The van der Waals surface area contributed by atoms with E-state index in [2.05, 4.69) is 10.6 Å². The molecule has 6 nitrogen and oxygen atoms in total. The van der Waals surface area contributed by atoms with Gasteiger partial charge in [0.2, 0.25) is 0 Å². The minimum atomic E-state index is -4.50. The second kappa shape index (κ2) is 8.55. The second-order valence-electron chi connectivity index (χ2n) is 6.98. The van der Waals surface area contributed by atoms with E-state index in [1.165, 1.54) is 37.5 Å². The van der Waals surface area contributed by atoms with Crippen LogP contribution in [0.3, 0.4) is 0 Å². The van der Waals surface area contributed by atoms with Crippen LogP contribution in [0.5, 0.6) is 5.75 Å². The van der Waals surface area contributed by atoms with Crippen LogP contribution in [0.15, 0.2) is 65.6 Å². The van der Waals surface area contributed by atoms with E-state index in [9.17, 15) is 27.9 Å². The van der Waals surface area contributed by atoms with Crippen LogP contribution in [-0.4, -0.2) is 15.6 Å². The molecule has 1 unspecified atom stereocenters. The number of alkyl halides is 3. The van der Waals surface area contributed by atoms with Crippen molar-refractivity contribution >= 4 is 17.3 Å². The first-order chi connectivity index (χ1) is 14.6. The smallest absolute Gasteiger partial charge is 0.418 e. The molecule has 31 heavy (non-hydrogen) atoms. The molecule has 0 saturated carbocycles. The van der Waals surface area contributed by atoms with Crippen LogP contribution < -0.4 is 16.2 Å². The number of para-hydroxylation sites is 1. The third-order valence-corrected chi connectivity index (χ3v) is 4.73. The number of aryl methyl sites for hydroxylation is 1. The maximum absolute atomic E-state index is 13.2. The lowest BCUT2D eigenvalue weighted by molar-refractivity contribution is -0.136. The highest BCUT2D eigenvalue weighted by atomic mass is 19.4. The molecule has 0 radical (unpaired) electrons. The number of carbonyl (C=O) groups is 1. The largest absolute Gasteiger partial charge is 0.502 e. The lowest BCUT2D eigenvalue weighted by atomic mass is 10.1. The van der Waals surface area contributed by atoms with Crippen molar-refractivity contribution in [1.29, 1.82) is 0 Å².